The molecule has 0 saturated carbocycles. The van der Waals surface area contributed by atoms with Crippen molar-refractivity contribution < 1.29 is 23.9 Å². The van der Waals surface area contributed by atoms with Gasteiger partial charge in [0, 0.05) is 23.6 Å². The maximum atomic E-state index is 13.0. The Hall–Kier alpha value is -3.07. The number of nitrogens with one attached hydrogen (secondary N) is 2. The molecule has 0 bridgehead atoms. The van der Waals surface area contributed by atoms with E-state index in [1.54, 1.807) is 65.8 Å². The first kappa shape index (κ1) is 26.2. The van der Waals surface area contributed by atoms with Crippen LogP contribution in [0.4, 0.5) is 21.2 Å². The fourth-order valence-electron chi connectivity index (χ4n) is 2.71. The molecule has 0 aliphatic carbocycles. The average Bonchev–Trinajstić information content (AvgIpc) is 3.07. The van der Waals surface area contributed by atoms with Gasteiger partial charge >= 0.3 is 12.2 Å². The molecule has 0 aliphatic heterocycles. The van der Waals surface area contributed by atoms with Crippen LogP contribution in [0.3, 0.4) is 0 Å². The van der Waals surface area contributed by atoms with Crippen molar-refractivity contribution in [3.8, 4) is 11.3 Å². The fourth-order valence-corrected chi connectivity index (χ4v) is 2.84. The number of benzene rings is 1. The summed E-state index contributed by atoms with van der Waals surface area (Å²) in [6.07, 6.45) is 0.911. The van der Waals surface area contributed by atoms with E-state index < -0.39 is 23.4 Å². The average molecular weight is 479 g/mol. The molecule has 2 rings (SSSR count). The highest BCUT2D eigenvalue weighted by Gasteiger charge is 2.26. The molecule has 9 nitrogen and oxygen atoms in total. The number of halogens is 1. The van der Waals surface area contributed by atoms with E-state index >= 15 is 0 Å². The Morgan fingerprint density at radius 1 is 0.970 bits per heavy atom. The van der Waals surface area contributed by atoms with Crippen LogP contribution in [-0.4, -0.2) is 44.7 Å². The van der Waals surface area contributed by atoms with Gasteiger partial charge < -0.3 is 14.8 Å². The Labute approximate surface area is 198 Å². The third-order valence-corrected chi connectivity index (χ3v) is 4.22. The first-order chi connectivity index (χ1) is 15.3. The summed E-state index contributed by atoms with van der Waals surface area (Å²) in [4.78, 5) is 41.3. The van der Waals surface area contributed by atoms with Crippen LogP contribution in [0.1, 0.15) is 54.4 Å². The molecular weight excluding hydrogens is 448 g/mol. The maximum Gasteiger partial charge on any atom is 0.421 e. The molecule has 1 aromatic carbocycles. The van der Waals surface area contributed by atoms with Crippen LogP contribution in [0.5, 0.6) is 0 Å². The van der Waals surface area contributed by atoms with Crippen molar-refractivity contribution in [2.75, 3.05) is 16.5 Å². The number of amides is 2. The molecule has 1 aromatic heterocycles. The lowest BCUT2D eigenvalue weighted by molar-refractivity contribution is -0.116. The molecular formula is C23H31ClN4O5. The van der Waals surface area contributed by atoms with Gasteiger partial charge in [-0.2, -0.15) is 0 Å². The number of hydrogen-bond acceptors (Lipinski definition) is 6. The second-order valence-corrected chi connectivity index (χ2v) is 9.71. The third-order valence-electron chi connectivity index (χ3n) is 3.95. The number of hydrogen-bond donors (Lipinski definition) is 2. The summed E-state index contributed by atoms with van der Waals surface area (Å²) < 4.78 is 11.9. The number of anilines is 2. The van der Waals surface area contributed by atoms with E-state index in [9.17, 15) is 14.4 Å². The Morgan fingerprint density at radius 2 is 1.58 bits per heavy atom. The van der Waals surface area contributed by atoms with Gasteiger partial charge in [0.25, 0.3) is 0 Å². The smallest absolute Gasteiger partial charge is 0.421 e. The highest BCUT2D eigenvalue weighted by Crippen LogP contribution is 2.26. The van der Waals surface area contributed by atoms with Crippen molar-refractivity contribution >= 4 is 41.3 Å². The van der Waals surface area contributed by atoms with E-state index in [2.05, 4.69) is 15.6 Å². The highest BCUT2D eigenvalue weighted by molar-refractivity contribution is 6.18. The summed E-state index contributed by atoms with van der Waals surface area (Å²) in [6, 6.07) is 6.88. The van der Waals surface area contributed by atoms with E-state index in [1.165, 1.54) is 10.8 Å². The number of nitrogens with zero attached hydrogens (tertiary/aromatic N) is 2. The van der Waals surface area contributed by atoms with Crippen molar-refractivity contribution in [1.82, 2.24) is 9.55 Å². The number of alkyl halides is 1. The number of carbonyl (C=O) groups excluding carboxylic acids is 3. The van der Waals surface area contributed by atoms with E-state index in [4.69, 9.17) is 21.1 Å². The summed E-state index contributed by atoms with van der Waals surface area (Å²) in [6.45, 7) is 10.4. The molecule has 0 atom stereocenters. The van der Waals surface area contributed by atoms with Crippen LogP contribution < -0.4 is 10.6 Å². The largest absolute Gasteiger partial charge is 0.444 e. The van der Waals surface area contributed by atoms with Crippen LogP contribution in [0.15, 0.2) is 30.5 Å². The van der Waals surface area contributed by atoms with Gasteiger partial charge in [-0.25, -0.2) is 19.1 Å². The molecule has 1 heterocycles. The van der Waals surface area contributed by atoms with Crippen LogP contribution in [0.25, 0.3) is 11.3 Å². The normalized spacial score (nSPS) is 11.6. The molecule has 10 heteroatoms. The van der Waals surface area contributed by atoms with Gasteiger partial charge in [-0.1, -0.05) is 12.1 Å². The summed E-state index contributed by atoms with van der Waals surface area (Å²) in [7, 11) is 0. The number of ether oxygens (including phenoxy) is 2. The standard InChI is InChI=1S/C23H31ClN4O5/c1-22(2,3)32-20(30)27-19-25-14-17(28(19)21(31)33-23(4,5)6)15-9-11-16(12-10-15)26-18(29)8-7-13-24/h9-12,14H,7-8,13H2,1-6H3,(H,26,29)(H,25,27,30). The van der Waals surface area contributed by atoms with Gasteiger partial charge in [0.05, 0.1) is 11.9 Å². The Bertz CT molecular complexity index is 988. The highest BCUT2D eigenvalue weighted by atomic mass is 35.5. The molecule has 180 valence electrons. The van der Waals surface area contributed by atoms with Gasteiger partial charge in [-0.15, -0.1) is 11.6 Å². The summed E-state index contributed by atoms with van der Waals surface area (Å²) in [5.74, 6) is 0.249. The quantitative estimate of drug-likeness (QED) is 0.520. The van der Waals surface area contributed by atoms with E-state index in [0.29, 0.717) is 35.7 Å². The topological polar surface area (TPSA) is 112 Å². The lowest BCUT2D eigenvalue weighted by atomic mass is 10.1. The van der Waals surface area contributed by atoms with Gasteiger partial charge in [0.1, 0.15) is 11.2 Å². The van der Waals surface area contributed by atoms with Gasteiger partial charge in [0.2, 0.25) is 11.9 Å². The Kier molecular flexibility index (Phi) is 8.49. The first-order valence-corrected chi connectivity index (χ1v) is 11.1. The molecule has 0 aliphatic rings. The molecule has 2 N–H and O–H groups in total. The fraction of sp³-hybridized carbons (Fsp3) is 0.478. The van der Waals surface area contributed by atoms with Gasteiger partial charge in [-0.05, 0) is 60.1 Å². The zero-order chi connectivity index (χ0) is 24.8. The lowest BCUT2D eigenvalue weighted by Crippen LogP contribution is -2.31. The predicted octanol–water partition coefficient (Wildman–Crippen LogP) is 5.64. The third kappa shape index (κ3) is 8.42. The first-order valence-electron chi connectivity index (χ1n) is 10.6. The van der Waals surface area contributed by atoms with Crippen LogP contribution >= 0.6 is 11.6 Å². The molecule has 2 amide bonds. The molecule has 0 radical (unpaired) electrons. The van der Waals surface area contributed by atoms with Crippen LogP contribution in [0, 0.1) is 0 Å². The predicted molar refractivity (Wildman–Crippen MR) is 128 cm³/mol. The van der Waals surface area contributed by atoms with Crippen molar-refractivity contribution in [2.24, 2.45) is 0 Å². The maximum absolute atomic E-state index is 13.0. The second kappa shape index (κ2) is 10.7. The minimum Gasteiger partial charge on any atom is -0.444 e. The summed E-state index contributed by atoms with van der Waals surface area (Å²) >= 11 is 5.62. The Balaban J connectivity index is 2.33. The van der Waals surface area contributed by atoms with E-state index in [1.807, 2.05) is 0 Å². The van der Waals surface area contributed by atoms with Gasteiger partial charge in [0.15, 0.2) is 0 Å². The molecule has 0 saturated heterocycles. The molecule has 2 aromatic rings. The van der Waals surface area contributed by atoms with Crippen molar-refractivity contribution in [2.45, 2.75) is 65.6 Å². The summed E-state index contributed by atoms with van der Waals surface area (Å²) in [5, 5.41) is 5.29. The SMILES string of the molecule is CC(C)(C)OC(=O)Nc1ncc(-c2ccc(NC(=O)CCCCl)cc2)n1C(=O)OC(C)(C)C. The number of aromatic nitrogens is 2. The number of carbonyl (C=O) groups is 3. The van der Waals surface area contributed by atoms with Crippen molar-refractivity contribution in [3.05, 3.63) is 30.5 Å². The minimum atomic E-state index is -0.765. The van der Waals surface area contributed by atoms with Crippen LogP contribution in [-0.2, 0) is 14.3 Å². The van der Waals surface area contributed by atoms with Crippen LogP contribution in [0.2, 0.25) is 0 Å². The minimum absolute atomic E-state index is 0.0352. The number of imidazole rings is 1. The van der Waals surface area contributed by atoms with E-state index in [0.717, 1.165) is 0 Å². The Morgan fingerprint density at radius 3 is 2.12 bits per heavy atom. The van der Waals surface area contributed by atoms with Crippen molar-refractivity contribution in [3.63, 3.8) is 0 Å². The van der Waals surface area contributed by atoms with Gasteiger partial charge in [-0.3, -0.25) is 10.1 Å². The monoisotopic (exact) mass is 478 g/mol. The summed E-state index contributed by atoms with van der Waals surface area (Å²) in [5.41, 5.74) is 0.146. The second-order valence-electron chi connectivity index (χ2n) is 9.33. The van der Waals surface area contributed by atoms with Crippen molar-refractivity contribution in [1.29, 1.82) is 0 Å². The molecule has 0 unspecified atom stereocenters. The molecule has 0 fully saturated rings. The lowest BCUT2D eigenvalue weighted by Gasteiger charge is -2.22. The zero-order valence-electron chi connectivity index (χ0n) is 19.8. The number of rotatable bonds is 6. The van der Waals surface area contributed by atoms with E-state index in [-0.39, 0.29) is 11.9 Å². The molecule has 0 spiro atoms. The zero-order valence-corrected chi connectivity index (χ0v) is 20.6. The molecule has 33 heavy (non-hydrogen) atoms.